The van der Waals surface area contributed by atoms with Gasteiger partial charge >= 0.3 is 0 Å². The molecule has 51 heavy (non-hydrogen) atoms. The molecule has 0 saturated carbocycles. The van der Waals surface area contributed by atoms with E-state index in [1.54, 1.807) is 30.3 Å². The van der Waals surface area contributed by atoms with Gasteiger partial charge < -0.3 is 14.5 Å². The van der Waals surface area contributed by atoms with Crippen molar-refractivity contribution in [3.05, 3.63) is 95.8 Å². The van der Waals surface area contributed by atoms with Gasteiger partial charge in [-0.3, -0.25) is 18.4 Å². The number of furan rings is 1. The van der Waals surface area contributed by atoms with E-state index in [2.05, 4.69) is 10.2 Å². The summed E-state index contributed by atoms with van der Waals surface area (Å²) in [6, 6.07) is 19.0. The number of fused-ring (bicyclic) bond motifs is 6. The van der Waals surface area contributed by atoms with E-state index in [4.69, 9.17) is 19.1 Å². The minimum Gasteiger partial charge on any atom is -0.455 e. The van der Waals surface area contributed by atoms with E-state index in [0.29, 0.717) is 69.4 Å². The van der Waals surface area contributed by atoms with Gasteiger partial charge in [-0.15, -0.1) is 0 Å². The third-order valence-corrected chi connectivity index (χ3v) is 10.6. The van der Waals surface area contributed by atoms with Gasteiger partial charge in [0.2, 0.25) is 10.0 Å². The largest absolute Gasteiger partial charge is 0.455 e. The zero-order valence-corrected chi connectivity index (χ0v) is 28.7. The van der Waals surface area contributed by atoms with Gasteiger partial charge in [-0.05, 0) is 60.7 Å². The number of rotatable bonds is 7. The summed E-state index contributed by atoms with van der Waals surface area (Å²) in [5.74, 6) is -0.361. The van der Waals surface area contributed by atoms with Crippen LogP contribution in [0.3, 0.4) is 0 Å². The van der Waals surface area contributed by atoms with Crippen molar-refractivity contribution < 1.29 is 31.1 Å². The Hall–Kier alpha value is -5.44. The number of amides is 1. The predicted molar refractivity (Wildman–Crippen MR) is 191 cm³/mol. The van der Waals surface area contributed by atoms with Crippen molar-refractivity contribution in [3.63, 3.8) is 0 Å². The number of sulfonamides is 1. The van der Waals surface area contributed by atoms with Crippen LogP contribution in [-0.4, -0.2) is 80.2 Å². The summed E-state index contributed by atoms with van der Waals surface area (Å²) in [5.41, 5.74) is 4.27. The number of nitrogens with one attached hydrogen (secondary N) is 1. The molecule has 11 nitrogen and oxygen atoms in total. The summed E-state index contributed by atoms with van der Waals surface area (Å²) in [4.78, 5) is 25.7. The molecule has 1 aliphatic rings. The van der Waals surface area contributed by atoms with Gasteiger partial charge in [0.25, 0.3) is 5.91 Å². The Labute approximate surface area is 291 Å². The van der Waals surface area contributed by atoms with Gasteiger partial charge in [0.05, 0.1) is 59.5 Å². The maximum absolute atomic E-state index is 15.2. The number of pyridine rings is 1. The molecule has 3 aromatic carbocycles. The summed E-state index contributed by atoms with van der Waals surface area (Å²) in [6.45, 7) is 3.21. The van der Waals surface area contributed by atoms with E-state index < -0.39 is 21.7 Å². The van der Waals surface area contributed by atoms with Gasteiger partial charge in [-0.2, -0.15) is 0 Å². The van der Waals surface area contributed by atoms with Crippen LogP contribution in [0.15, 0.2) is 77.2 Å². The number of benzene rings is 3. The van der Waals surface area contributed by atoms with Crippen LogP contribution < -0.4 is 9.62 Å². The smallest absolute Gasteiger partial charge is 0.255 e. The summed E-state index contributed by atoms with van der Waals surface area (Å²) < 4.78 is 69.8. The maximum Gasteiger partial charge on any atom is 0.255 e. The molecule has 0 radical (unpaired) electrons. The minimum absolute atomic E-state index is 0.194. The van der Waals surface area contributed by atoms with Crippen molar-refractivity contribution in [3.8, 4) is 22.6 Å². The first-order valence-electron chi connectivity index (χ1n) is 16.2. The molecule has 1 amide bonds. The zero-order chi connectivity index (χ0) is 35.6. The molecule has 0 spiro atoms. The molecular weight excluding hydrogens is 679 g/mol. The molecule has 1 saturated heterocycles. The molecule has 14 heteroatoms. The molecule has 0 atom stereocenters. The van der Waals surface area contributed by atoms with Crippen molar-refractivity contribution in [1.82, 2.24) is 24.6 Å². The summed E-state index contributed by atoms with van der Waals surface area (Å²) in [6.07, 6.45) is 1.08. The number of hydrogen-bond acceptors (Lipinski definition) is 8. The van der Waals surface area contributed by atoms with Crippen molar-refractivity contribution in [2.45, 2.75) is 6.54 Å². The Morgan fingerprint density at radius 1 is 0.961 bits per heavy atom. The molecule has 8 rings (SSSR count). The van der Waals surface area contributed by atoms with Gasteiger partial charge in [0.1, 0.15) is 34.3 Å². The Balaban J connectivity index is 1.39. The highest BCUT2D eigenvalue weighted by Crippen LogP contribution is 2.41. The first-order valence-corrected chi connectivity index (χ1v) is 18.1. The van der Waals surface area contributed by atoms with E-state index in [-0.39, 0.29) is 28.4 Å². The van der Waals surface area contributed by atoms with E-state index in [1.165, 1.54) is 44.4 Å². The number of hydrogen-bond donors (Lipinski definition) is 1. The summed E-state index contributed by atoms with van der Waals surface area (Å²) in [7, 11) is -0.873. The van der Waals surface area contributed by atoms with E-state index in [1.807, 2.05) is 16.5 Å². The average Bonchev–Trinajstić information content (AvgIpc) is 3.71. The number of carbonyl (C=O) groups excluding carboxylic acids is 1. The number of nitrogens with zero attached hydrogens (tertiary/aromatic N) is 5. The first-order chi connectivity index (χ1) is 24.5. The molecule has 1 N–H and O–H groups in total. The zero-order valence-electron chi connectivity index (χ0n) is 27.9. The maximum atomic E-state index is 15.2. The highest BCUT2D eigenvalue weighted by Gasteiger charge is 2.27. The normalized spacial score (nSPS) is 14.2. The topological polar surface area (TPSA) is 122 Å². The average molecular weight is 711 g/mol. The van der Waals surface area contributed by atoms with Crippen molar-refractivity contribution in [1.29, 1.82) is 0 Å². The highest BCUT2D eigenvalue weighted by atomic mass is 32.2. The van der Waals surface area contributed by atoms with Crippen molar-refractivity contribution in [2.75, 3.05) is 51.0 Å². The lowest BCUT2D eigenvalue weighted by atomic mass is 10.0. The lowest BCUT2D eigenvalue weighted by Crippen LogP contribution is -2.36. The van der Waals surface area contributed by atoms with Gasteiger partial charge in [-0.25, -0.2) is 27.2 Å². The number of halogens is 2. The monoisotopic (exact) mass is 710 g/mol. The standard InChI is InChI=1S/C37H32F2N6O5S/c1-40-37(46)34-25-17-24(30(43(2)51(3,47)48)19-32(25)50-36(34)21-7-9-22(38)10-8-21)27-11-12-28-35(42-27)31-18-23-26(39)5-4-6-29(23)45(31)33(41-28)20-44-13-15-49-16-14-44/h4-12,17-19H,13-16,20H2,1-3H3,(H,40,46). The van der Waals surface area contributed by atoms with E-state index in [9.17, 15) is 17.6 Å². The summed E-state index contributed by atoms with van der Waals surface area (Å²) in [5, 5.41) is 3.47. The van der Waals surface area contributed by atoms with E-state index >= 15 is 4.39 Å². The quantitative estimate of drug-likeness (QED) is 0.215. The second kappa shape index (κ2) is 12.4. The van der Waals surface area contributed by atoms with Crippen LogP contribution in [0, 0.1) is 11.6 Å². The molecule has 0 unspecified atom stereocenters. The second-order valence-electron chi connectivity index (χ2n) is 12.5. The number of morpholine rings is 1. The molecule has 260 valence electrons. The molecule has 1 fully saturated rings. The number of carbonyl (C=O) groups is 1. The lowest BCUT2D eigenvalue weighted by molar-refractivity contribution is 0.0330. The highest BCUT2D eigenvalue weighted by molar-refractivity contribution is 7.92. The van der Waals surface area contributed by atoms with Crippen LogP contribution in [0.4, 0.5) is 14.5 Å². The SMILES string of the molecule is CNC(=O)c1c(-c2ccc(F)cc2)oc2cc(N(C)S(C)(=O)=O)c(-c3ccc4nc(CN5CCOCC5)n5c6cccc(F)c6cc5c4n3)cc12. The third kappa shape index (κ3) is 5.65. The van der Waals surface area contributed by atoms with Gasteiger partial charge in [0, 0.05) is 55.2 Å². The van der Waals surface area contributed by atoms with Crippen molar-refractivity contribution in [2.24, 2.45) is 0 Å². The van der Waals surface area contributed by atoms with Crippen LogP contribution >= 0.6 is 0 Å². The molecule has 0 bridgehead atoms. The fourth-order valence-electron chi connectivity index (χ4n) is 6.71. The van der Waals surface area contributed by atoms with Crippen LogP contribution in [-0.2, 0) is 21.3 Å². The second-order valence-corrected chi connectivity index (χ2v) is 14.5. The molecule has 5 heterocycles. The van der Waals surface area contributed by atoms with Crippen LogP contribution in [0.2, 0.25) is 0 Å². The molecular formula is C37H32F2N6O5S. The molecule has 1 aliphatic heterocycles. The van der Waals surface area contributed by atoms with E-state index in [0.717, 1.165) is 29.5 Å². The van der Waals surface area contributed by atoms with Crippen molar-refractivity contribution >= 4 is 60.0 Å². The van der Waals surface area contributed by atoms with Gasteiger partial charge in [-0.1, -0.05) is 6.07 Å². The minimum atomic E-state index is -3.78. The Morgan fingerprint density at radius 2 is 1.73 bits per heavy atom. The first kappa shape index (κ1) is 32.7. The van der Waals surface area contributed by atoms with Gasteiger partial charge in [0.15, 0.2) is 0 Å². The fourth-order valence-corrected chi connectivity index (χ4v) is 7.22. The Bertz CT molecular complexity index is 2630. The number of ether oxygens (including phenoxy) is 1. The molecule has 7 aromatic rings. The van der Waals surface area contributed by atoms with Crippen LogP contribution in [0.5, 0.6) is 0 Å². The lowest BCUT2D eigenvalue weighted by Gasteiger charge is -2.26. The molecule has 4 aromatic heterocycles. The van der Waals surface area contributed by atoms with Crippen LogP contribution in [0.25, 0.3) is 61.0 Å². The Morgan fingerprint density at radius 3 is 2.45 bits per heavy atom. The third-order valence-electron chi connectivity index (χ3n) is 9.37. The molecule has 0 aliphatic carbocycles. The van der Waals surface area contributed by atoms with Crippen LogP contribution in [0.1, 0.15) is 16.2 Å². The Kier molecular flexibility index (Phi) is 7.96. The predicted octanol–water partition coefficient (Wildman–Crippen LogP) is 5.98. The number of aromatic nitrogens is 3. The summed E-state index contributed by atoms with van der Waals surface area (Å²) >= 11 is 0. The number of anilines is 1. The fraction of sp³-hybridized carbons (Fsp3) is 0.216.